The Morgan fingerprint density at radius 3 is 2.50 bits per heavy atom. The first-order valence-corrected chi connectivity index (χ1v) is 9.58. The van der Waals surface area contributed by atoms with E-state index in [-0.39, 0.29) is 34.7 Å². The third kappa shape index (κ3) is 2.80. The summed E-state index contributed by atoms with van der Waals surface area (Å²) in [6, 6.07) is 7.75. The number of fused-ring (bicyclic) bond motifs is 2. The van der Waals surface area contributed by atoms with Gasteiger partial charge in [-0.1, -0.05) is 6.07 Å². The Morgan fingerprint density at radius 1 is 1.07 bits per heavy atom. The molecule has 2 fully saturated rings. The number of nitrogens with one attached hydrogen (secondary N) is 2. The number of benzene rings is 2. The molecule has 2 N–H and O–H groups in total. The lowest BCUT2D eigenvalue weighted by Crippen LogP contribution is -2.37. The summed E-state index contributed by atoms with van der Waals surface area (Å²) < 4.78 is 27.1. The molecular weight excluding hydrogens is 394 g/mol. The Balaban J connectivity index is 1.22. The van der Waals surface area contributed by atoms with E-state index in [4.69, 9.17) is 0 Å². The zero-order chi connectivity index (χ0) is 21.2. The molecule has 2 aromatic rings. The zero-order valence-corrected chi connectivity index (χ0v) is 16.0. The van der Waals surface area contributed by atoms with E-state index >= 15 is 0 Å². The lowest BCUT2D eigenvalue weighted by molar-refractivity contribution is 0.0693. The summed E-state index contributed by atoms with van der Waals surface area (Å²) in [7, 11) is 1.40. The summed E-state index contributed by atoms with van der Waals surface area (Å²) in [4.78, 5) is 39.7. The maximum absolute atomic E-state index is 14.0. The second kappa shape index (κ2) is 6.51. The van der Waals surface area contributed by atoms with Crippen LogP contribution in [0.4, 0.5) is 25.0 Å². The van der Waals surface area contributed by atoms with Crippen LogP contribution in [0.5, 0.6) is 0 Å². The van der Waals surface area contributed by atoms with Crippen LogP contribution in [0.15, 0.2) is 36.4 Å². The third-order valence-corrected chi connectivity index (χ3v) is 6.11. The van der Waals surface area contributed by atoms with Crippen molar-refractivity contribution in [3.8, 4) is 0 Å². The Bertz CT molecular complexity index is 1090. The number of piperidine rings is 1. The molecule has 5 rings (SSSR count). The van der Waals surface area contributed by atoms with E-state index in [1.165, 1.54) is 19.2 Å². The van der Waals surface area contributed by atoms with Crippen LogP contribution >= 0.6 is 0 Å². The molecule has 154 valence electrons. The number of nitrogens with zero attached hydrogens (tertiary/aromatic N) is 2. The number of urea groups is 1. The molecule has 1 saturated carbocycles. The number of amides is 4. The van der Waals surface area contributed by atoms with Gasteiger partial charge in [0.15, 0.2) is 0 Å². The SMILES string of the molecule is CN1C(=O)c2cccc(NC(=O)NC3[C@H]4CN(c5ccc(F)cc5F)C[C@@H]34)c2C1=O. The molecule has 2 aliphatic heterocycles. The van der Waals surface area contributed by atoms with Crippen molar-refractivity contribution >= 4 is 29.2 Å². The fraction of sp³-hybridized carbons (Fsp3) is 0.286. The van der Waals surface area contributed by atoms with Gasteiger partial charge in [0, 0.05) is 44.1 Å². The number of imide groups is 1. The first kappa shape index (κ1) is 18.5. The molecule has 1 aliphatic carbocycles. The van der Waals surface area contributed by atoms with Gasteiger partial charge in [0.05, 0.1) is 22.5 Å². The van der Waals surface area contributed by atoms with Crippen molar-refractivity contribution in [3.63, 3.8) is 0 Å². The van der Waals surface area contributed by atoms with E-state index in [2.05, 4.69) is 10.6 Å². The molecule has 1 saturated heterocycles. The van der Waals surface area contributed by atoms with Crippen LogP contribution in [0.3, 0.4) is 0 Å². The Labute approximate surface area is 170 Å². The quantitative estimate of drug-likeness (QED) is 0.759. The maximum atomic E-state index is 14.0. The number of anilines is 2. The van der Waals surface area contributed by atoms with Gasteiger partial charge in [-0.25, -0.2) is 13.6 Å². The average molecular weight is 412 g/mol. The highest BCUT2D eigenvalue weighted by molar-refractivity contribution is 6.24. The Morgan fingerprint density at radius 2 is 1.80 bits per heavy atom. The minimum Gasteiger partial charge on any atom is -0.368 e. The minimum atomic E-state index is -0.615. The van der Waals surface area contributed by atoms with E-state index in [0.29, 0.717) is 18.8 Å². The zero-order valence-electron chi connectivity index (χ0n) is 16.0. The average Bonchev–Trinajstić information content (AvgIpc) is 3.05. The van der Waals surface area contributed by atoms with Crippen LogP contribution in [-0.4, -0.2) is 48.9 Å². The van der Waals surface area contributed by atoms with Crippen LogP contribution in [0.25, 0.3) is 0 Å². The molecular formula is C21H18F2N4O3. The molecule has 0 bridgehead atoms. The summed E-state index contributed by atoms with van der Waals surface area (Å²) >= 11 is 0. The highest BCUT2D eigenvalue weighted by Gasteiger charge is 2.56. The molecule has 0 spiro atoms. The monoisotopic (exact) mass is 412 g/mol. The van der Waals surface area contributed by atoms with Gasteiger partial charge in [0.2, 0.25) is 0 Å². The fourth-order valence-corrected chi connectivity index (χ4v) is 4.49. The predicted molar refractivity (Wildman–Crippen MR) is 104 cm³/mol. The molecule has 2 heterocycles. The van der Waals surface area contributed by atoms with Crippen molar-refractivity contribution in [2.24, 2.45) is 11.8 Å². The van der Waals surface area contributed by atoms with Gasteiger partial charge in [0.1, 0.15) is 11.6 Å². The van der Waals surface area contributed by atoms with E-state index < -0.39 is 29.5 Å². The Hall–Kier alpha value is -3.49. The van der Waals surface area contributed by atoms with E-state index in [1.807, 2.05) is 4.90 Å². The van der Waals surface area contributed by atoms with Gasteiger partial charge >= 0.3 is 6.03 Å². The van der Waals surface area contributed by atoms with Gasteiger partial charge in [-0.3, -0.25) is 14.5 Å². The van der Waals surface area contributed by atoms with Crippen molar-refractivity contribution in [1.29, 1.82) is 0 Å². The summed E-state index contributed by atoms with van der Waals surface area (Å²) in [6.07, 6.45) is 0. The van der Waals surface area contributed by atoms with Gasteiger partial charge < -0.3 is 15.5 Å². The summed E-state index contributed by atoms with van der Waals surface area (Å²) in [5.74, 6) is -1.71. The lowest BCUT2D eigenvalue weighted by Gasteiger charge is -2.23. The van der Waals surface area contributed by atoms with Crippen molar-refractivity contribution in [3.05, 3.63) is 59.2 Å². The lowest BCUT2D eigenvalue weighted by atomic mass is 10.1. The van der Waals surface area contributed by atoms with Crippen LogP contribution in [0.1, 0.15) is 20.7 Å². The Kier molecular flexibility index (Phi) is 4.02. The fourth-order valence-electron chi connectivity index (χ4n) is 4.49. The largest absolute Gasteiger partial charge is 0.368 e. The second-order valence-electron chi connectivity index (χ2n) is 7.85. The molecule has 0 radical (unpaired) electrons. The number of hydrogen-bond donors (Lipinski definition) is 2. The molecule has 9 heteroatoms. The standard InChI is InChI=1S/C21H18F2N4O3/c1-26-19(28)11-3-2-4-15(17(11)20(26)29)24-21(30)25-18-12-8-27(9-13(12)18)16-6-5-10(22)7-14(16)23/h2-7,12-13,18H,8-9H2,1H3,(H2,24,25,30)/t12-,13+,18?. The van der Waals surface area contributed by atoms with Crippen molar-refractivity contribution in [2.75, 3.05) is 30.4 Å². The molecule has 3 aliphatic rings. The first-order chi connectivity index (χ1) is 14.3. The molecule has 4 amide bonds. The second-order valence-corrected chi connectivity index (χ2v) is 7.85. The van der Waals surface area contributed by atoms with Crippen molar-refractivity contribution < 1.29 is 23.2 Å². The molecule has 7 nitrogen and oxygen atoms in total. The highest BCUT2D eigenvalue weighted by atomic mass is 19.1. The first-order valence-electron chi connectivity index (χ1n) is 9.58. The molecule has 0 aromatic heterocycles. The third-order valence-electron chi connectivity index (χ3n) is 6.11. The number of carbonyl (C=O) groups excluding carboxylic acids is 3. The number of rotatable bonds is 3. The molecule has 30 heavy (non-hydrogen) atoms. The number of hydrogen-bond acceptors (Lipinski definition) is 4. The van der Waals surface area contributed by atoms with E-state index in [0.717, 1.165) is 11.0 Å². The molecule has 1 unspecified atom stereocenters. The molecule has 3 atom stereocenters. The normalized spacial score (nSPS) is 24.0. The van der Waals surface area contributed by atoms with Gasteiger partial charge in [-0.2, -0.15) is 0 Å². The summed E-state index contributed by atoms with van der Waals surface area (Å²) in [5.41, 5.74) is 1.10. The van der Waals surface area contributed by atoms with E-state index in [9.17, 15) is 23.2 Å². The van der Waals surface area contributed by atoms with Crippen LogP contribution in [0.2, 0.25) is 0 Å². The minimum absolute atomic E-state index is 0.0541. The number of carbonyl (C=O) groups is 3. The van der Waals surface area contributed by atoms with Crippen molar-refractivity contribution in [2.45, 2.75) is 6.04 Å². The van der Waals surface area contributed by atoms with Crippen LogP contribution < -0.4 is 15.5 Å². The number of halogens is 2. The van der Waals surface area contributed by atoms with Gasteiger partial charge in [-0.15, -0.1) is 0 Å². The maximum Gasteiger partial charge on any atom is 0.319 e. The predicted octanol–water partition coefficient (Wildman–Crippen LogP) is 2.45. The summed E-state index contributed by atoms with van der Waals surface area (Å²) in [5, 5.41) is 5.56. The van der Waals surface area contributed by atoms with Gasteiger partial charge in [-0.05, 0) is 24.3 Å². The summed E-state index contributed by atoms with van der Waals surface area (Å²) in [6.45, 7) is 1.13. The van der Waals surface area contributed by atoms with Crippen molar-refractivity contribution in [1.82, 2.24) is 10.2 Å². The van der Waals surface area contributed by atoms with Gasteiger partial charge in [0.25, 0.3) is 11.8 Å². The smallest absolute Gasteiger partial charge is 0.319 e. The van der Waals surface area contributed by atoms with Crippen LogP contribution in [-0.2, 0) is 0 Å². The molecule has 2 aromatic carbocycles. The van der Waals surface area contributed by atoms with E-state index in [1.54, 1.807) is 18.2 Å². The van der Waals surface area contributed by atoms with Crippen LogP contribution in [0, 0.1) is 23.5 Å². The highest BCUT2D eigenvalue weighted by Crippen LogP contribution is 2.47. The topological polar surface area (TPSA) is 81.8 Å².